The Morgan fingerprint density at radius 1 is 1.29 bits per heavy atom. The lowest BCUT2D eigenvalue weighted by atomic mass is 9.87. The number of nitrogens with one attached hydrogen (secondary N) is 2. The highest BCUT2D eigenvalue weighted by Crippen LogP contribution is 2.30. The van der Waals surface area contributed by atoms with Crippen LogP contribution in [0.2, 0.25) is 0 Å². The minimum absolute atomic E-state index is 0.0372. The van der Waals surface area contributed by atoms with E-state index >= 15 is 0 Å². The van der Waals surface area contributed by atoms with E-state index in [0.717, 1.165) is 24.4 Å². The molecule has 2 N–H and O–H groups in total. The van der Waals surface area contributed by atoms with Crippen LogP contribution in [0.3, 0.4) is 0 Å². The Morgan fingerprint density at radius 2 is 2.11 bits per heavy atom. The molecule has 0 saturated carbocycles. The number of thiazole rings is 1. The van der Waals surface area contributed by atoms with Gasteiger partial charge in [-0.2, -0.15) is 5.10 Å². The summed E-state index contributed by atoms with van der Waals surface area (Å²) in [5, 5.41) is 11.4. The molecule has 0 atom stereocenters. The van der Waals surface area contributed by atoms with Crippen LogP contribution in [0.5, 0.6) is 0 Å². The third-order valence-corrected chi connectivity index (χ3v) is 6.43. The molecule has 1 aliphatic rings. The van der Waals surface area contributed by atoms with Gasteiger partial charge in [-0.15, -0.1) is 11.3 Å². The van der Waals surface area contributed by atoms with Gasteiger partial charge in [0.05, 0.1) is 0 Å². The summed E-state index contributed by atoms with van der Waals surface area (Å²) in [5.41, 5.74) is 3.19. The lowest BCUT2D eigenvalue weighted by Gasteiger charge is -2.36. The number of aryl methyl sites for hydroxylation is 2. The fraction of sp³-hybridized carbons (Fsp3) is 0.381. The monoisotopic (exact) mass is 395 g/mol. The molecule has 0 bridgehead atoms. The highest BCUT2D eigenvalue weighted by molar-refractivity contribution is 7.15. The van der Waals surface area contributed by atoms with Crippen LogP contribution in [0.4, 0.5) is 5.13 Å². The van der Waals surface area contributed by atoms with Crippen LogP contribution < -0.4 is 10.6 Å². The number of amides is 1. The van der Waals surface area contributed by atoms with Crippen molar-refractivity contribution in [3.05, 3.63) is 64.4 Å². The van der Waals surface area contributed by atoms with Crippen LogP contribution in [0.1, 0.15) is 34.4 Å². The summed E-state index contributed by atoms with van der Waals surface area (Å²) >= 11 is 1.54. The Morgan fingerprint density at radius 3 is 2.82 bits per heavy atom. The summed E-state index contributed by atoms with van der Waals surface area (Å²) in [6, 6.07) is 8.39. The van der Waals surface area contributed by atoms with Crippen molar-refractivity contribution in [2.75, 3.05) is 18.4 Å². The van der Waals surface area contributed by atoms with Gasteiger partial charge in [0.25, 0.3) is 5.91 Å². The fourth-order valence-corrected chi connectivity index (χ4v) is 4.54. The van der Waals surface area contributed by atoms with Gasteiger partial charge in [-0.1, -0.05) is 18.2 Å². The van der Waals surface area contributed by atoms with Crippen LogP contribution in [0, 0.1) is 13.8 Å². The Bertz CT molecular complexity index is 957. The summed E-state index contributed by atoms with van der Waals surface area (Å²) in [4.78, 5) is 18.8. The predicted molar refractivity (Wildman–Crippen MR) is 112 cm³/mol. The summed E-state index contributed by atoms with van der Waals surface area (Å²) in [6.45, 7) is 5.84. The third kappa shape index (κ3) is 3.72. The Labute approximate surface area is 169 Å². The fourth-order valence-electron chi connectivity index (χ4n) is 3.70. The topological polar surface area (TPSA) is 71.8 Å². The van der Waals surface area contributed by atoms with Crippen molar-refractivity contribution < 1.29 is 4.79 Å². The molecule has 2 aromatic heterocycles. The van der Waals surface area contributed by atoms with Crippen molar-refractivity contribution in [3.63, 3.8) is 0 Å². The summed E-state index contributed by atoms with van der Waals surface area (Å²) in [7, 11) is 0. The molecule has 1 fully saturated rings. The van der Waals surface area contributed by atoms with E-state index in [0.29, 0.717) is 18.0 Å². The molecule has 0 aliphatic carbocycles. The maximum atomic E-state index is 13.2. The molecule has 3 heterocycles. The molecule has 0 spiro atoms. The maximum Gasteiger partial charge on any atom is 0.254 e. The molecule has 0 unspecified atom stereocenters. The molecule has 4 rings (SSSR count). The van der Waals surface area contributed by atoms with Gasteiger partial charge in [0.2, 0.25) is 0 Å². The molecular formula is C21H25N5OS. The van der Waals surface area contributed by atoms with Gasteiger partial charge in [0.15, 0.2) is 5.13 Å². The molecule has 1 saturated heterocycles. The van der Waals surface area contributed by atoms with E-state index in [-0.39, 0.29) is 5.91 Å². The molecule has 7 heteroatoms. The largest absolute Gasteiger partial charge is 0.317 e. The highest BCUT2D eigenvalue weighted by Gasteiger charge is 2.42. The summed E-state index contributed by atoms with van der Waals surface area (Å²) in [6.07, 6.45) is 7.70. The molecule has 1 amide bonds. The molecule has 0 radical (unpaired) electrons. The lowest BCUT2D eigenvalue weighted by Crippen LogP contribution is -2.52. The number of piperidine rings is 1. The second-order valence-electron chi connectivity index (χ2n) is 7.41. The van der Waals surface area contributed by atoms with Crippen molar-refractivity contribution in [2.45, 2.75) is 38.6 Å². The quantitative estimate of drug-likeness (QED) is 0.696. The van der Waals surface area contributed by atoms with Gasteiger partial charge in [0, 0.05) is 29.9 Å². The van der Waals surface area contributed by atoms with Gasteiger partial charge >= 0.3 is 0 Å². The zero-order valence-electron chi connectivity index (χ0n) is 16.2. The third-order valence-electron chi connectivity index (χ3n) is 5.52. The highest BCUT2D eigenvalue weighted by atomic mass is 32.1. The molecule has 1 aliphatic heterocycles. The number of aromatic nitrogens is 3. The van der Waals surface area contributed by atoms with Crippen LogP contribution in [-0.4, -0.2) is 33.8 Å². The normalized spacial score (nSPS) is 16.1. The number of nitrogens with zero attached hydrogens (tertiary/aromatic N) is 3. The minimum atomic E-state index is -0.658. The van der Waals surface area contributed by atoms with E-state index in [4.69, 9.17) is 0 Å². The molecule has 1 aromatic carbocycles. The number of carbonyl (C=O) groups excluding carboxylic acids is 1. The van der Waals surface area contributed by atoms with Crippen LogP contribution in [0.25, 0.3) is 0 Å². The first kappa shape index (κ1) is 18.8. The minimum Gasteiger partial charge on any atom is -0.317 e. The summed E-state index contributed by atoms with van der Waals surface area (Å²) < 4.78 is 1.80. The molecule has 146 valence electrons. The van der Waals surface area contributed by atoms with Crippen molar-refractivity contribution >= 4 is 22.4 Å². The van der Waals surface area contributed by atoms with Gasteiger partial charge in [0.1, 0.15) is 5.54 Å². The number of hydrogen-bond donors (Lipinski definition) is 2. The van der Waals surface area contributed by atoms with E-state index in [1.54, 1.807) is 10.9 Å². The van der Waals surface area contributed by atoms with Crippen molar-refractivity contribution in [2.24, 2.45) is 0 Å². The Hall–Kier alpha value is -2.51. The number of rotatable bonds is 5. The average molecular weight is 396 g/mol. The Balaban J connectivity index is 1.49. The first-order valence-corrected chi connectivity index (χ1v) is 10.4. The van der Waals surface area contributed by atoms with E-state index in [9.17, 15) is 4.79 Å². The standard InChI is InChI=1S/C21H25N5OS/c1-15-4-5-17(12-16(15)2)13-18-14-23-20(28-18)25-19(27)21(6-9-22-10-7-21)26-11-3-8-24-26/h3-5,8,11-12,14,22H,6-7,9-10,13H2,1-2H3,(H,23,25,27). The second kappa shape index (κ2) is 7.85. The second-order valence-corrected chi connectivity index (χ2v) is 8.53. The van der Waals surface area contributed by atoms with E-state index in [1.807, 2.05) is 18.5 Å². The molecule has 6 nitrogen and oxygen atoms in total. The number of anilines is 1. The lowest BCUT2D eigenvalue weighted by molar-refractivity contribution is -0.126. The molecule has 28 heavy (non-hydrogen) atoms. The van der Waals surface area contributed by atoms with E-state index in [1.165, 1.54) is 28.0 Å². The SMILES string of the molecule is Cc1ccc(Cc2cnc(NC(=O)C3(n4cccn4)CCNCC3)s2)cc1C. The van der Waals surface area contributed by atoms with Gasteiger partial charge < -0.3 is 5.32 Å². The average Bonchev–Trinajstić information content (AvgIpc) is 3.38. The first-order valence-electron chi connectivity index (χ1n) is 9.60. The number of carbonyl (C=O) groups is 1. The van der Waals surface area contributed by atoms with Crippen LogP contribution in [0.15, 0.2) is 42.9 Å². The van der Waals surface area contributed by atoms with Crippen molar-refractivity contribution in [1.82, 2.24) is 20.1 Å². The number of hydrogen-bond acceptors (Lipinski definition) is 5. The maximum absolute atomic E-state index is 13.2. The summed E-state index contributed by atoms with van der Waals surface area (Å²) in [5.74, 6) is -0.0372. The number of benzene rings is 1. The Kier molecular flexibility index (Phi) is 5.28. The molecular weight excluding hydrogens is 370 g/mol. The van der Waals surface area contributed by atoms with Crippen LogP contribution >= 0.6 is 11.3 Å². The van der Waals surface area contributed by atoms with Gasteiger partial charge in [-0.05, 0) is 62.5 Å². The van der Waals surface area contributed by atoms with Crippen LogP contribution in [-0.2, 0) is 16.8 Å². The van der Waals surface area contributed by atoms with E-state index in [2.05, 4.69) is 52.8 Å². The van der Waals surface area contributed by atoms with Crippen molar-refractivity contribution in [1.29, 1.82) is 0 Å². The first-order chi connectivity index (χ1) is 13.6. The van der Waals surface area contributed by atoms with Crippen molar-refractivity contribution in [3.8, 4) is 0 Å². The molecule has 3 aromatic rings. The van der Waals surface area contributed by atoms with E-state index < -0.39 is 5.54 Å². The predicted octanol–water partition coefficient (Wildman–Crippen LogP) is 3.26. The van der Waals surface area contributed by atoms with Gasteiger partial charge in [-0.3, -0.25) is 14.8 Å². The smallest absolute Gasteiger partial charge is 0.254 e. The zero-order chi connectivity index (χ0) is 19.6. The van der Waals surface area contributed by atoms with Gasteiger partial charge in [-0.25, -0.2) is 4.98 Å². The zero-order valence-corrected chi connectivity index (χ0v) is 17.1.